The lowest BCUT2D eigenvalue weighted by atomic mass is 10.2. The van der Waals surface area contributed by atoms with Crippen molar-refractivity contribution in [1.29, 1.82) is 0 Å². The molecule has 3 rings (SSSR count). The fourth-order valence-electron chi connectivity index (χ4n) is 1.90. The van der Waals surface area contributed by atoms with Crippen molar-refractivity contribution in [2.45, 2.75) is 6.54 Å². The largest absolute Gasteiger partial charge is 0.378 e. The first-order valence-corrected chi connectivity index (χ1v) is 7.01. The summed E-state index contributed by atoms with van der Waals surface area (Å²) in [6.45, 7) is 0.464. The monoisotopic (exact) mass is 347 g/mol. The van der Waals surface area contributed by atoms with Crippen LogP contribution in [0, 0.1) is 5.82 Å². The fourth-order valence-corrected chi connectivity index (χ4v) is 2.29. The van der Waals surface area contributed by atoms with Crippen LogP contribution >= 0.6 is 15.9 Å². The molecule has 0 unspecified atom stereocenters. The topological polar surface area (TPSA) is 55.6 Å². The van der Waals surface area contributed by atoms with Gasteiger partial charge in [0.1, 0.15) is 18.5 Å². The van der Waals surface area contributed by atoms with Crippen molar-refractivity contribution in [3.8, 4) is 5.82 Å². The quantitative estimate of drug-likeness (QED) is 0.787. The molecule has 0 saturated carbocycles. The minimum atomic E-state index is -0.266. The maximum absolute atomic E-state index is 13.3. The lowest BCUT2D eigenvalue weighted by Gasteiger charge is -2.11. The molecule has 0 atom stereocenters. The lowest BCUT2D eigenvalue weighted by Crippen LogP contribution is -2.07. The smallest absolute Gasteiger partial charge is 0.178 e. The molecule has 7 heteroatoms. The first-order valence-electron chi connectivity index (χ1n) is 6.22. The van der Waals surface area contributed by atoms with Gasteiger partial charge in [0, 0.05) is 17.2 Å². The Morgan fingerprint density at radius 1 is 1.29 bits per heavy atom. The van der Waals surface area contributed by atoms with E-state index in [1.165, 1.54) is 18.5 Å². The number of nitrogens with one attached hydrogen (secondary N) is 1. The van der Waals surface area contributed by atoms with Gasteiger partial charge < -0.3 is 5.32 Å². The highest BCUT2D eigenvalue weighted by atomic mass is 79.9. The van der Waals surface area contributed by atoms with E-state index in [4.69, 9.17) is 0 Å². The second kappa shape index (κ2) is 6.01. The Morgan fingerprint density at radius 3 is 3.00 bits per heavy atom. The summed E-state index contributed by atoms with van der Waals surface area (Å²) < 4.78 is 15.7. The SMILES string of the molecule is Fc1ccc(Br)c(CNc2cccnc2-n2cncn2)c1. The van der Waals surface area contributed by atoms with Gasteiger partial charge >= 0.3 is 0 Å². The first-order chi connectivity index (χ1) is 10.2. The predicted molar refractivity (Wildman–Crippen MR) is 80.6 cm³/mol. The number of benzene rings is 1. The molecule has 0 aliphatic carbocycles. The minimum absolute atomic E-state index is 0.266. The molecule has 1 N–H and O–H groups in total. The predicted octanol–water partition coefficient (Wildman–Crippen LogP) is 3.18. The molecule has 0 spiro atoms. The van der Waals surface area contributed by atoms with Crippen molar-refractivity contribution in [3.05, 3.63) is 65.0 Å². The molecule has 1 aromatic carbocycles. The van der Waals surface area contributed by atoms with E-state index in [1.807, 2.05) is 12.1 Å². The second-order valence-corrected chi connectivity index (χ2v) is 5.16. The number of aromatic nitrogens is 4. The van der Waals surface area contributed by atoms with E-state index in [1.54, 1.807) is 23.3 Å². The van der Waals surface area contributed by atoms with Crippen LogP contribution in [0.3, 0.4) is 0 Å². The molecule has 0 radical (unpaired) electrons. The van der Waals surface area contributed by atoms with Crippen molar-refractivity contribution < 1.29 is 4.39 Å². The van der Waals surface area contributed by atoms with E-state index >= 15 is 0 Å². The van der Waals surface area contributed by atoms with E-state index < -0.39 is 0 Å². The molecule has 0 aliphatic heterocycles. The average molecular weight is 348 g/mol. The van der Waals surface area contributed by atoms with E-state index in [9.17, 15) is 4.39 Å². The normalized spacial score (nSPS) is 10.6. The molecule has 3 aromatic rings. The van der Waals surface area contributed by atoms with Crippen molar-refractivity contribution >= 4 is 21.6 Å². The lowest BCUT2D eigenvalue weighted by molar-refractivity contribution is 0.625. The summed E-state index contributed by atoms with van der Waals surface area (Å²) in [5.41, 5.74) is 1.61. The van der Waals surface area contributed by atoms with E-state index in [0.717, 1.165) is 15.7 Å². The fraction of sp³-hybridized carbons (Fsp3) is 0.0714. The van der Waals surface area contributed by atoms with Crippen LogP contribution in [-0.4, -0.2) is 19.7 Å². The summed E-state index contributed by atoms with van der Waals surface area (Å²) in [5.74, 6) is 0.375. The van der Waals surface area contributed by atoms with Crippen LogP contribution in [0.15, 0.2) is 53.7 Å². The highest BCUT2D eigenvalue weighted by molar-refractivity contribution is 9.10. The Kier molecular flexibility index (Phi) is 3.92. The van der Waals surface area contributed by atoms with Crippen molar-refractivity contribution in [2.24, 2.45) is 0 Å². The van der Waals surface area contributed by atoms with Crippen LogP contribution in [-0.2, 0) is 6.54 Å². The third-order valence-corrected chi connectivity index (χ3v) is 3.67. The Bertz CT molecular complexity index is 745. The maximum Gasteiger partial charge on any atom is 0.178 e. The molecule has 106 valence electrons. The first kappa shape index (κ1) is 13.7. The van der Waals surface area contributed by atoms with Gasteiger partial charge in [-0.1, -0.05) is 15.9 Å². The van der Waals surface area contributed by atoms with Gasteiger partial charge in [-0.25, -0.2) is 19.0 Å². The van der Waals surface area contributed by atoms with Crippen LogP contribution in [0.1, 0.15) is 5.56 Å². The average Bonchev–Trinajstić information content (AvgIpc) is 3.03. The molecule has 0 amide bonds. The van der Waals surface area contributed by atoms with Gasteiger partial charge in [0.2, 0.25) is 0 Å². The maximum atomic E-state index is 13.3. The molecule has 5 nitrogen and oxygen atoms in total. The zero-order chi connectivity index (χ0) is 14.7. The molecule has 2 heterocycles. The summed E-state index contributed by atoms with van der Waals surface area (Å²) in [5, 5.41) is 7.31. The van der Waals surface area contributed by atoms with Gasteiger partial charge in [0.15, 0.2) is 5.82 Å². The summed E-state index contributed by atoms with van der Waals surface area (Å²) in [7, 11) is 0. The van der Waals surface area contributed by atoms with Gasteiger partial charge in [-0.15, -0.1) is 0 Å². The Morgan fingerprint density at radius 2 is 2.19 bits per heavy atom. The Balaban J connectivity index is 1.84. The second-order valence-electron chi connectivity index (χ2n) is 4.30. The highest BCUT2D eigenvalue weighted by Crippen LogP contribution is 2.21. The van der Waals surface area contributed by atoms with Crippen LogP contribution in [0.2, 0.25) is 0 Å². The highest BCUT2D eigenvalue weighted by Gasteiger charge is 2.07. The number of anilines is 1. The van der Waals surface area contributed by atoms with Gasteiger partial charge in [0.25, 0.3) is 0 Å². The standard InChI is InChI=1S/C14H11BrFN5/c15-12-4-3-11(16)6-10(12)7-19-13-2-1-5-18-14(13)21-9-17-8-20-21/h1-6,8-9,19H,7H2. The van der Waals surface area contributed by atoms with Gasteiger partial charge in [-0.2, -0.15) is 5.10 Å². The summed E-state index contributed by atoms with van der Waals surface area (Å²) >= 11 is 3.41. The molecule has 21 heavy (non-hydrogen) atoms. The Hall–Kier alpha value is -2.28. The van der Waals surface area contributed by atoms with Crippen LogP contribution < -0.4 is 5.32 Å². The third-order valence-electron chi connectivity index (χ3n) is 2.90. The third kappa shape index (κ3) is 3.08. The van der Waals surface area contributed by atoms with Crippen LogP contribution in [0.25, 0.3) is 5.82 Å². The van der Waals surface area contributed by atoms with Crippen molar-refractivity contribution in [1.82, 2.24) is 19.7 Å². The van der Waals surface area contributed by atoms with Gasteiger partial charge in [0.05, 0.1) is 5.69 Å². The summed E-state index contributed by atoms with van der Waals surface area (Å²) in [4.78, 5) is 8.20. The van der Waals surface area contributed by atoms with E-state index in [2.05, 4.69) is 36.3 Å². The van der Waals surface area contributed by atoms with Gasteiger partial charge in [-0.05, 0) is 35.9 Å². The summed E-state index contributed by atoms with van der Waals surface area (Å²) in [6.07, 6.45) is 4.70. The number of hydrogen-bond acceptors (Lipinski definition) is 4. The summed E-state index contributed by atoms with van der Waals surface area (Å²) in [6, 6.07) is 8.30. The van der Waals surface area contributed by atoms with Crippen LogP contribution in [0.4, 0.5) is 10.1 Å². The zero-order valence-electron chi connectivity index (χ0n) is 10.9. The molecule has 0 saturated heterocycles. The molecular formula is C14H11BrFN5. The van der Waals surface area contributed by atoms with Gasteiger partial charge in [-0.3, -0.25) is 0 Å². The molecular weight excluding hydrogens is 337 g/mol. The zero-order valence-corrected chi connectivity index (χ0v) is 12.5. The van der Waals surface area contributed by atoms with Crippen molar-refractivity contribution in [3.63, 3.8) is 0 Å². The number of hydrogen-bond donors (Lipinski definition) is 1. The minimum Gasteiger partial charge on any atom is -0.378 e. The van der Waals surface area contributed by atoms with Crippen LogP contribution in [0.5, 0.6) is 0 Å². The Labute approximate surface area is 129 Å². The van der Waals surface area contributed by atoms with E-state index in [-0.39, 0.29) is 5.82 Å². The molecule has 2 aromatic heterocycles. The number of rotatable bonds is 4. The number of nitrogens with zero attached hydrogens (tertiary/aromatic N) is 4. The molecule has 0 aliphatic rings. The number of halogens is 2. The number of pyridine rings is 1. The molecule has 0 bridgehead atoms. The van der Waals surface area contributed by atoms with E-state index in [0.29, 0.717) is 12.4 Å². The van der Waals surface area contributed by atoms with Crippen molar-refractivity contribution in [2.75, 3.05) is 5.32 Å². The molecule has 0 fully saturated rings.